The van der Waals surface area contributed by atoms with Crippen LogP contribution in [0.15, 0.2) is 42.6 Å². The number of piperidine rings is 1. The van der Waals surface area contributed by atoms with Crippen LogP contribution in [0.25, 0.3) is 10.9 Å². The van der Waals surface area contributed by atoms with Gasteiger partial charge in [0.25, 0.3) is 5.91 Å². The van der Waals surface area contributed by atoms with Crippen LogP contribution in [0, 0.1) is 29.6 Å². The Kier molecular flexibility index (Phi) is 6.89. The Morgan fingerprint density at radius 1 is 1.26 bits per heavy atom. The second-order valence-corrected chi connectivity index (χ2v) is 11.0. The smallest absolute Gasteiger partial charge is 0.325 e. The average molecular weight is 515 g/mol. The van der Waals surface area contributed by atoms with Gasteiger partial charge < -0.3 is 20.1 Å². The summed E-state index contributed by atoms with van der Waals surface area (Å²) < 4.78 is 5.82. The van der Waals surface area contributed by atoms with Crippen LogP contribution in [0.5, 0.6) is 5.75 Å². The third-order valence-corrected chi connectivity index (χ3v) is 8.51. The number of aromatic nitrogens is 1. The third-order valence-electron chi connectivity index (χ3n) is 8.51. The lowest BCUT2D eigenvalue weighted by Gasteiger charge is -2.53. The number of aliphatic carboxylic acids is 1. The molecule has 2 aliphatic rings. The number of fused-ring (bicyclic) bond motifs is 1. The van der Waals surface area contributed by atoms with E-state index >= 15 is 0 Å². The molecule has 5 rings (SSSR count). The molecule has 198 valence electrons. The van der Waals surface area contributed by atoms with E-state index < -0.39 is 17.9 Å². The molecule has 1 aliphatic carbocycles. The molecule has 1 amide bonds. The summed E-state index contributed by atoms with van der Waals surface area (Å²) in [6.07, 6.45) is 5.86. The minimum absolute atomic E-state index is 0.124. The first-order valence-electron chi connectivity index (χ1n) is 13.1. The number of carboxylic acids is 1. The lowest BCUT2D eigenvalue weighted by molar-refractivity contribution is -0.138. The summed E-state index contributed by atoms with van der Waals surface area (Å²) in [6.45, 7) is 5.15. The highest BCUT2D eigenvalue weighted by atomic mass is 16.5. The van der Waals surface area contributed by atoms with E-state index in [9.17, 15) is 14.9 Å². The Morgan fingerprint density at radius 3 is 2.66 bits per heavy atom. The largest absolute Gasteiger partial charge is 0.496 e. The van der Waals surface area contributed by atoms with E-state index in [1.54, 1.807) is 19.2 Å². The number of carbonyl (C=O) groups excluding carboxylic acids is 1. The molecule has 2 atom stereocenters. The number of aromatic amines is 1. The van der Waals surface area contributed by atoms with Crippen LogP contribution in [-0.2, 0) is 11.3 Å². The molecular weight excluding hydrogens is 480 g/mol. The summed E-state index contributed by atoms with van der Waals surface area (Å²) in [5.41, 5.74) is 5.13. The monoisotopic (exact) mass is 514 g/mol. The molecule has 2 fully saturated rings. The van der Waals surface area contributed by atoms with Crippen LogP contribution >= 0.6 is 0 Å². The lowest BCUT2D eigenvalue weighted by Crippen LogP contribution is -2.48. The van der Waals surface area contributed by atoms with E-state index in [-0.39, 0.29) is 17.4 Å². The summed E-state index contributed by atoms with van der Waals surface area (Å²) in [6, 6.07) is 13.3. The summed E-state index contributed by atoms with van der Waals surface area (Å²) in [4.78, 5) is 29.5. The number of methoxy groups -OCH3 is 1. The number of aryl methyl sites for hydroxylation is 1. The zero-order valence-corrected chi connectivity index (χ0v) is 22.1. The highest BCUT2D eigenvalue weighted by Gasteiger charge is 2.49. The van der Waals surface area contributed by atoms with Gasteiger partial charge in [-0.15, -0.1) is 0 Å². The highest BCUT2D eigenvalue weighted by Crippen LogP contribution is 2.56. The average Bonchev–Trinajstić information content (AvgIpc) is 3.40. The molecule has 0 bridgehead atoms. The van der Waals surface area contributed by atoms with E-state index in [2.05, 4.69) is 40.3 Å². The maximum absolute atomic E-state index is 12.5. The zero-order chi connectivity index (χ0) is 27.0. The standard InChI is InChI=1S/C30H34N4O4/c1-18-12-26(38-3)24(23-8-10-32-27(18)23)17-34-11-9-30(13-20(14-30)16-31)15-25(34)21-4-6-22(7-5-21)28(35)33-19(2)29(36)37/h4-8,10,12,19-20,25,32H,9,11,13-15,17H2,1-3H3,(H,33,35)(H,36,37)/t19-,20?,25?,30?/m0/s1. The molecule has 3 N–H and O–H groups in total. The number of nitrogens with one attached hydrogen (secondary N) is 2. The molecule has 0 radical (unpaired) electrons. The number of benzene rings is 2. The summed E-state index contributed by atoms with van der Waals surface area (Å²) >= 11 is 0. The number of H-pyrrole nitrogens is 1. The maximum atomic E-state index is 12.5. The Labute approximate surface area is 222 Å². The predicted octanol–water partition coefficient (Wildman–Crippen LogP) is 4.94. The molecule has 1 saturated heterocycles. The number of hydrogen-bond donors (Lipinski definition) is 3. The van der Waals surface area contributed by atoms with Crippen molar-refractivity contribution in [1.29, 1.82) is 5.26 Å². The first kappa shape index (κ1) is 25.8. The van der Waals surface area contributed by atoms with Crippen molar-refractivity contribution >= 4 is 22.8 Å². The number of hydrogen-bond acceptors (Lipinski definition) is 5. The van der Waals surface area contributed by atoms with Crippen molar-refractivity contribution in [3.8, 4) is 11.8 Å². The number of nitrogens with zero attached hydrogens (tertiary/aromatic N) is 2. The van der Waals surface area contributed by atoms with E-state index in [4.69, 9.17) is 9.84 Å². The van der Waals surface area contributed by atoms with Crippen molar-refractivity contribution < 1.29 is 19.4 Å². The number of nitriles is 1. The summed E-state index contributed by atoms with van der Waals surface area (Å²) in [5, 5.41) is 22.2. The Morgan fingerprint density at radius 2 is 2.00 bits per heavy atom. The van der Waals surface area contributed by atoms with Crippen molar-refractivity contribution in [2.75, 3.05) is 13.7 Å². The predicted molar refractivity (Wildman–Crippen MR) is 144 cm³/mol. The number of carboxylic acid groups (broad SMARTS) is 1. The third kappa shape index (κ3) is 4.74. The van der Waals surface area contributed by atoms with Crippen molar-refractivity contribution in [1.82, 2.24) is 15.2 Å². The Bertz CT molecular complexity index is 1400. The van der Waals surface area contributed by atoms with Crippen molar-refractivity contribution in [3.05, 3.63) is 64.8 Å². The van der Waals surface area contributed by atoms with Crippen molar-refractivity contribution in [2.24, 2.45) is 11.3 Å². The first-order valence-corrected chi connectivity index (χ1v) is 13.1. The number of likely N-dealkylation sites (tertiary alicyclic amines) is 1. The Balaban J connectivity index is 1.44. The molecule has 1 spiro atoms. The normalized spacial score (nSPS) is 23.9. The number of carbonyl (C=O) groups is 2. The van der Waals surface area contributed by atoms with Gasteiger partial charge in [0, 0.05) is 46.7 Å². The highest BCUT2D eigenvalue weighted by molar-refractivity contribution is 5.96. The topological polar surface area (TPSA) is 118 Å². The van der Waals surface area contributed by atoms with Crippen LogP contribution in [0.2, 0.25) is 0 Å². The van der Waals surface area contributed by atoms with E-state index in [1.165, 1.54) is 6.92 Å². The van der Waals surface area contributed by atoms with Crippen LogP contribution in [0.4, 0.5) is 0 Å². The van der Waals surface area contributed by atoms with Gasteiger partial charge in [-0.25, -0.2) is 0 Å². The molecule has 3 aromatic rings. The molecule has 1 saturated carbocycles. The fourth-order valence-corrected chi connectivity index (χ4v) is 6.33. The number of rotatable bonds is 7. The molecule has 1 aromatic heterocycles. The molecular formula is C30H34N4O4. The maximum Gasteiger partial charge on any atom is 0.325 e. The fourth-order valence-electron chi connectivity index (χ4n) is 6.33. The quantitative estimate of drug-likeness (QED) is 0.411. The Hall–Kier alpha value is -3.83. The fraction of sp³-hybridized carbons (Fsp3) is 0.433. The minimum atomic E-state index is -1.07. The second-order valence-electron chi connectivity index (χ2n) is 11.0. The van der Waals surface area contributed by atoms with E-state index in [1.807, 2.05) is 18.3 Å². The first-order chi connectivity index (χ1) is 18.2. The zero-order valence-electron chi connectivity index (χ0n) is 22.1. The minimum Gasteiger partial charge on any atom is -0.496 e. The van der Waals surface area contributed by atoms with E-state index in [0.717, 1.165) is 72.1 Å². The van der Waals surface area contributed by atoms with Gasteiger partial charge in [0.1, 0.15) is 11.8 Å². The van der Waals surface area contributed by atoms with Gasteiger partial charge in [-0.3, -0.25) is 14.5 Å². The van der Waals surface area contributed by atoms with Crippen molar-refractivity contribution in [2.45, 2.75) is 58.2 Å². The molecule has 8 heteroatoms. The van der Waals surface area contributed by atoms with Gasteiger partial charge in [0.2, 0.25) is 0 Å². The van der Waals surface area contributed by atoms with Crippen LogP contribution in [-0.4, -0.2) is 46.6 Å². The van der Waals surface area contributed by atoms with Gasteiger partial charge in [0.15, 0.2) is 0 Å². The molecule has 1 aliphatic heterocycles. The summed E-state index contributed by atoms with van der Waals surface area (Å²) in [7, 11) is 1.71. The van der Waals surface area contributed by atoms with Gasteiger partial charge in [-0.1, -0.05) is 12.1 Å². The SMILES string of the molecule is COc1cc(C)c2[nH]ccc2c1CN1CCC2(CC(C#N)C2)CC1c1ccc(C(=O)N[C@@H](C)C(=O)O)cc1. The lowest BCUT2D eigenvalue weighted by atomic mass is 9.56. The molecule has 2 heterocycles. The van der Waals surface area contributed by atoms with Gasteiger partial charge in [-0.2, -0.15) is 5.26 Å². The van der Waals surface area contributed by atoms with E-state index in [0.29, 0.717) is 5.56 Å². The van der Waals surface area contributed by atoms with Crippen LogP contribution in [0.3, 0.4) is 0 Å². The molecule has 1 unspecified atom stereocenters. The van der Waals surface area contributed by atoms with Crippen LogP contribution < -0.4 is 10.1 Å². The summed E-state index contributed by atoms with van der Waals surface area (Å²) in [5.74, 6) is -0.460. The van der Waals surface area contributed by atoms with Gasteiger partial charge in [-0.05, 0) is 86.9 Å². The molecule has 38 heavy (non-hydrogen) atoms. The van der Waals surface area contributed by atoms with Crippen LogP contribution in [0.1, 0.15) is 65.7 Å². The second kappa shape index (κ2) is 10.1. The molecule has 8 nitrogen and oxygen atoms in total. The van der Waals surface area contributed by atoms with Crippen molar-refractivity contribution in [3.63, 3.8) is 0 Å². The number of amides is 1. The number of ether oxygens (including phenoxy) is 1. The van der Waals surface area contributed by atoms with Gasteiger partial charge in [0.05, 0.1) is 13.2 Å². The molecule has 2 aromatic carbocycles. The van der Waals surface area contributed by atoms with Gasteiger partial charge >= 0.3 is 5.97 Å².